The highest BCUT2D eigenvalue weighted by molar-refractivity contribution is 7.80. The van der Waals surface area contributed by atoms with Gasteiger partial charge < -0.3 is 11.1 Å². The second-order valence-corrected chi connectivity index (χ2v) is 6.00. The fraction of sp³-hybridized carbons (Fsp3) is 0.857. The monoisotopic (exact) mass is 300 g/mol. The van der Waals surface area contributed by atoms with Crippen LogP contribution in [0.1, 0.15) is 33.6 Å². The van der Waals surface area contributed by atoms with E-state index in [-0.39, 0.29) is 11.9 Å². The number of hydrogen-bond acceptors (Lipinski definition) is 4. The molecule has 116 valence electrons. The molecule has 1 fully saturated rings. The summed E-state index contributed by atoms with van der Waals surface area (Å²) in [6, 6.07) is 0.225. The molecular weight excluding hydrogens is 272 g/mol. The van der Waals surface area contributed by atoms with E-state index in [4.69, 9.17) is 18.0 Å². The van der Waals surface area contributed by atoms with Crippen LogP contribution in [0.2, 0.25) is 0 Å². The average molecular weight is 300 g/mol. The van der Waals surface area contributed by atoms with Gasteiger partial charge in [-0.1, -0.05) is 26.1 Å². The molecule has 0 spiro atoms. The maximum Gasteiger partial charge on any atom is 0.237 e. The second-order valence-electron chi connectivity index (χ2n) is 5.48. The number of nitrogens with zero attached hydrogens (tertiary/aromatic N) is 2. The van der Waals surface area contributed by atoms with Gasteiger partial charge >= 0.3 is 0 Å². The molecular formula is C14H28N4OS. The molecule has 1 aliphatic heterocycles. The van der Waals surface area contributed by atoms with E-state index in [9.17, 15) is 4.79 Å². The van der Waals surface area contributed by atoms with Crippen LogP contribution in [-0.4, -0.2) is 65.5 Å². The first-order valence-corrected chi connectivity index (χ1v) is 7.93. The van der Waals surface area contributed by atoms with Crippen molar-refractivity contribution in [1.82, 2.24) is 15.1 Å². The minimum Gasteiger partial charge on any atom is -0.392 e. The van der Waals surface area contributed by atoms with E-state index in [0.29, 0.717) is 17.6 Å². The van der Waals surface area contributed by atoms with Crippen molar-refractivity contribution in [1.29, 1.82) is 0 Å². The lowest BCUT2D eigenvalue weighted by atomic mass is 10.1. The van der Waals surface area contributed by atoms with Gasteiger partial charge in [-0.05, 0) is 19.8 Å². The zero-order valence-electron chi connectivity index (χ0n) is 12.9. The maximum absolute atomic E-state index is 12.2. The minimum absolute atomic E-state index is 0.0671. The Labute approximate surface area is 127 Å². The molecule has 6 heteroatoms. The molecule has 0 aromatic heterocycles. The third kappa shape index (κ3) is 5.34. The van der Waals surface area contributed by atoms with Gasteiger partial charge in [0.15, 0.2) is 0 Å². The molecule has 5 nitrogen and oxygen atoms in total. The van der Waals surface area contributed by atoms with Crippen molar-refractivity contribution < 1.29 is 4.79 Å². The lowest BCUT2D eigenvalue weighted by Crippen LogP contribution is -2.55. The van der Waals surface area contributed by atoms with Gasteiger partial charge in [0.05, 0.1) is 11.0 Å². The molecule has 1 aliphatic rings. The topological polar surface area (TPSA) is 61.6 Å². The molecule has 0 aromatic rings. The Morgan fingerprint density at radius 1 is 1.25 bits per heavy atom. The molecule has 1 atom stereocenters. The largest absolute Gasteiger partial charge is 0.392 e. The molecule has 1 rings (SSSR count). The summed E-state index contributed by atoms with van der Waals surface area (Å²) in [5.74, 6) is 0.140. The van der Waals surface area contributed by atoms with Crippen molar-refractivity contribution in [3.05, 3.63) is 0 Å². The van der Waals surface area contributed by atoms with Crippen LogP contribution < -0.4 is 11.1 Å². The summed E-state index contributed by atoms with van der Waals surface area (Å²) in [6.45, 7) is 10.5. The lowest BCUT2D eigenvalue weighted by Gasteiger charge is -2.37. The van der Waals surface area contributed by atoms with E-state index < -0.39 is 0 Å². The number of rotatable bonds is 7. The van der Waals surface area contributed by atoms with Crippen LogP contribution in [0.15, 0.2) is 0 Å². The maximum atomic E-state index is 12.2. The quantitative estimate of drug-likeness (QED) is 0.674. The van der Waals surface area contributed by atoms with Crippen molar-refractivity contribution in [3.8, 4) is 0 Å². The summed E-state index contributed by atoms with van der Waals surface area (Å²) in [4.78, 5) is 17.2. The molecule has 0 saturated carbocycles. The molecule has 1 saturated heterocycles. The van der Waals surface area contributed by atoms with Gasteiger partial charge in [0.1, 0.15) is 0 Å². The minimum atomic E-state index is -0.0671. The van der Waals surface area contributed by atoms with Crippen LogP contribution in [0.5, 0.6) is 0 Å². The number of hydrogen-bond donors (Lipinski definition) is 2. The zero-order valence-corrected chi connectivity index (χ0v) is 13.7. The average Bonchev–Trinajstić information content (AvgIpc) is 2.43. The Kier molecular flexibility index (Phi) is 7.40. The lowest BCUT2D eigenvalue weighted by molar-refractivity contribution is -0.127. The first-order chi connectivity index (χ1) is 9.47. The Hall–Kier alpha value is -0.720. The molecule has 0 bridgehead atoms. The Bertz CT molecular complexity index is 325. The molecule has 1 amide bonds. The number of amides is 1. The van der Waals surface area contributed by atoms with E-state index >= 15 is 0 Å². The SMILES string of the molecule is CCC(CC)NC(=O)C(C)N1CCN(CC(N)=S)CC1. The normalized spacial score (nSPS) is 19.0. The van der Waals surface area contributed by atoms with Crippen LogP contribution in [0.4, 0.5) is 0 Å². The van der Waals surface area contributed by atoms with E-state index in [1.807, 2.05) is 6.92 Å². The highest BCUT2D eigenvalue weighted by Crippen LogP contribution is 2.07. The van der Waals surface area contributed by atoms with Gasteiger partial charge in [-0.2, -0.15) is 0 Å². The van der Waals surface area contributed by atoms with Crippen LogP contribution in [0, 0.1) is 0 Å². The number of carbonyl (C=O) groups excluding carboxylic acids is 1. The summed E-state index contributed by atoms with van der Waals surface area (Å²) < 4.78 is 0. The van der Waals surface area contributed by atoms with E-state index in [0.717, 1.165) is 39.0 Å². The third-order valence-corrected chi connectivity index (χ3v) is 4.17. The van der Waals surface area contributed by atoms with Crippen LogP contribution in [-0.2, 0) is 4.79 Å². The summed E-state index contributed by atoms with van der Waals surface area (Å²) in [6.07, 6.45) is 1.97. The number of thiocarbonyl (C=S) groups is 1. The predicted molar refractivity (Wildman–Crippen MR) is 86.8 cm³/mol. The fourth-order valence-electron chi connectivity index (χ4n) is 2.51. The molecule has 0 radical (unpaired) electrons. The summed E-state index contributed by atoms with van der Waals surface area (Å²) in [5.41, 5.74) is 5.56. The predicted octanol–water partition coefficient (Wildman–Crippen LogP) is 0.583. The van der Waals surface area contributed by atoms with Crippen LogP contribution in [0.3, 0.4) is 0 Å². The third-order valence-electron chi connectivity index (χ3n) is 4.05. The van der Waals surface area contributed by atoms with Gasteiger partial charge in [-0.3, -0.25) is 14.6 Å². The number of nitrogens with one attached hydrogen (secondary N) is 1. The molecule has 20 heavy (non-hydrogen) atoms. The van der Waals surface area contributed by atoms with Crippen molar-refractivity contribution in [3.63, 3.8) is 0 Å². The van der Waals surface area contributed by atoms with E-state index in [1.54, 1.807) is 0 Å². The van der Waals surface area contributed by atoms with Gasteiger partial charge in [0.25, 0.3) is 0 Å². The standard InChI is InChI=1S/C14H28N4OS/c1-4-12(5-2)16-14(19)11(3)18-8-6-17(7-9-18)10-13(15)20/h11-12H,4-10H2,1-3H3,(H2,15,20)(H,16,19). The molecule has 1 unspecified atom stereocenters. The van der Waals surface area contributed by atoms with Crippen molar-refractivity contribution in [2.45, 2.75) is 45.7 Å². The van der Waals surface area contributed by atoms with Crippen molar-refractivity contribution in [2.24, 2.45) is 5.73 Å². The highest BCUT2D eigenvalue weighted by Gasteiger charge is 2.26. The van der Waals surface area contributed by atoms with Crippen LogP contribution in [0.25, 0.3) is 0 Å². The molecule has 0 aliphatic carbocycles. The smallest absolute Gasteiger partial charge is 0.237 e. The van der Waals surface area contributed by atoms with Gasteiger partial charge in [-0.15, -0.1) is 0 Å². The number of piperazine rings is 1. The van der Waals surface area contributed by atoms with Gasteiger partial charge in [0.2, 0.25) is 5.91 Å². The van der Waals surface area contributed by atoms with E-state index in [2.05, 4.69) is 29.0 Å². The van der Waals surface area contributed by atoms with Gasteiger partial charge in [-0.25, -0.2) is 0 Å². The Balaban J connectivity index is 2.39. The molecule has 1 heterocycles. The fourth-order valence-corrected chi connectivity index (χ4v) is 2.69. The number of carbonyl (C=O) groups is 1. The highest BCUT2D eigenvalue weighted by atomic mass is 32.1. The Morgan fingerprint density at radius 3 is 2.25 bits per heavy atom. The van der Waals surface area contributed by atoms with Crippen molar-refractivity contribution in [2.75, 3.05) is 32.7 Å². The first kappa shape index (κ1) is 17.3. The first-order valence-electron chi connectivity index (χ1n) is 7.53. The van der Waals surface area contributed by atoms with Crippen LogP contribution >= 0.6 is 12.2 Å². The zero-order chi connectivity index (χ0) is 15.1. The number of nitrogens with two attached hydrogens (primary N) is 1. The molecule has 3 N–H and O–H groups in total. The Morgan fingerprint density at radius 2 is 1.80 bits per heavy atom. The second kappa shape index (κ2) is 8.54. The summed E-state index contributed by atoms with van der Waals surface area (Å²) in [7, 11) is 0. The van der Waals surface area contributed by atoms with Crippen molar-refractivity contribution >= 4 is 23.1 Å². The molecule has 0 aromatic carbocycles. The summed E-state index contributed by atoms with van der Waals surface area (Å²) >= 11 is 4.93. The van der Waals surface area contributed by atoms with Gasteiger partial charge in [0, 0.05) is 38.8 Å². The summed E-state index contributed by atoms with van der Waals surface area (Å²) in [5, 5.41) is 3.12. The van der Waals surface area contributed by atoms with E-state index in [1.165, 1.54) is 0 Å².